The number of hydrogen-bond donors (Lipinski definition) is 1. The van der Waals surface area contributed by atoms with E-state index in [2.05, 4.69) is 19.0 Å². The summed E-state index contributed by atoms with van der Waals surface area (Å²) in [5.74, 6) is -0.107. The second-order valence-corrected chi connectivity index (χ2v) is 8.19. The molecule has 138 valence electrons. The van der Waals surface area contributed by atoms with Gasteiger partial charge in [0.15, 0.2) is 0 Å². The fourth-order valence-electron chi connectivity index (χ4n) is 5.33. The van der Waals surface area contributed by atoms with Crippen LogP contribution in [-0.4, -0.2) is 35.7 Å². The molecule has 0 saturated heterocycles. The molecule has 1 N–H and O–H groups in total. The van der Waals surface area contributed by atoms with Gasteiger partial charge >= 0.3 is 0 Å². The van der Waals surface area contributed by atoms with E-state index in [-0.39, 0.29) is 34.9 Å². The minimum absolute atomic E-state index is 0.0627. The van der Waals surface area contributed by atoms with Crippen molar-refractivity contribution in [2.45, 2.75) is 42.7 Å². The largest absolute Gasteiger partial charge is 0.393 e. The summed E-state index contributed by atoms with van der Waals surface area (Å²) in [5, 5.41) is 11.0. The summed E-state index contributed by atoms with van der Waals surface area (Å²) in [6, 6.07) is 13.4. The summed E-state index contributed by atoms with van der Waals surface area (Å²) >= 11 is 0. The SMILES string of the molecule is CN(C)C12CC(O)C(C(c3ccc(F)cc3)C1)C(c1ccc(F)cc1)C2. The Hall–Kier alpha value is -1.78. The van der Waals surface area contributed by atoms with Gasteiger partial charge in [0.25, 0.3) is 0 Å². The van der Waals surface area contributed by atoms with Crippen LogP contribution in [0.2, 0.25) is 0 Å². The van der Waals surface area contributed by atoms with Crippen molar-refractivity contribution >= 4 is 0 Å². The molecule has 3 atom stereocenters. The maximum absolute atomic E-state index is 13.4. The lowest BCUT2D eigenvalue weighted by molar-refractivity contribution is -0.0909. The first kappa shape index (κ1) is 17.6. The van der Waals surface area contributed by atoms with Crippen LogP contribution in [0.15, 0.2) is 48.5 Å². The highest BCUT2D eigenvalue weighted by atomic mass is 19.1. The zero-order valence-corrected chi connectivity index (χ0v) is 15.2. The topological polar surface area (TPSA) is 23.5 Å². The zero-order chi connectivity index (χ0) is 18.5. The normalized spacial score (nSPS) is 33.6. The van der Waals surface area contributed by atoms with Gasteiger partial charge in [-0.1, -0.05) is 24.3 Å². The molecule has 0 aliphatic heterocycles. The predicted molar refractivity (Wildman–Crippen MR) is 98.0 cm³/mol. The number of fused-ring (bicyclic) bond motifs is 3. The van der Waals surface area contributed by atoms with Gasteiger partial charge in [-0.15, -0.1) is 0 Å². The molecule has 0 heterocycles. The van der Waals surface area contributed by atoms with Crippen molar-refractivity contribution in [1.82, 2.24) is 4.90 Å². The Bertz CT molecular complexity index is 716. The van der Waals surface area contributed by atoms with Gasteiger partial charge in [-0.3, -0.25) is 0 Å². The quantitative estimate of drug-likeness (QED) is 0.885. The Balaban J connectivity index is 1.78. The number of nitrogens with zero attached hydrogens (tertiary/aromatic N) is 1. The minimum atomic E-state index is -0.426. The Labute approximate surface area is 153 Å². The van der Waals surface area contributed by atoms with Gasteiger partial charge in [0, 0.05) is 5.54 Å². The molecule has 2 nitrogen and oxygen atoms in total. The van der Waals surface area contributed by atoms with Crippen LogP contribution in [0.4, 0.5) is 8.78 Å². The van der Waals surface area contributed by atoms with Crippen LogP contribution in [0, 0.1) is 17.6 Å². The summed E-state index contributed by atoms with van der Waals surface area (Å²) in [7, 11) is 4.14. The smallest absolute Gasteiger partial charge is 0.123 e. The van der Waals surface area contributed by atoms with Gasteiger partial charge in [0.2, 0.25) is 0 Å². The van der Waals surface area contributed by atoms with Crippen molar-refractivity contribution in [3.8, 4) is 0 Å². The second kappa shape index (κ2) is 6.43. The first-order valence-electron chi connectivity index (χ1n) is 9.26. The average Bonchev–Trinajstić information content (AvgIpc) is 2.62. The molecule has 3 unspecified atom stereocenters. The monoisotopic (exact) mass is 357 g/mol. The lowest BCUT2D eigenvalue weighted by Gasteiger charge is -2.59. The van der Waals surface area contributed by atoms with E-state index in [1.165, 1.54) is 24.3 Å². The average molecular weight is 357 g/mol. The molecule has 4 heteroatoms. The highest BCUT2D eigenvalue weighted by Gasteiger charge is 2.56. The van der Waals surface area contributed by atoms with Crippen molar-refractivity contribution in [3.05, 3.63) is 71.3 Å². The van der Waals surface area contributed by atoms with E-state index in [0.29, 0.717) is 0 Å². The first-order chi connectivity index (χ1) is 12.4. The van der Waals surface area contributed by atoms with Gasteiger partial charge in [0.05, 0.1) is 6.10 Å². The van der Waals surface area contributed by atoms with Crippen molar-refractivity contribution < 1.29 is 13.9 Å². The molecular formula is C22H25F2NO. The van der Waals surface area contributed by atoms with Gasteiger partial charge in [-0.2, -0.15) is 0 Å². The maximum atomic E-state index is 13.4. The molecule has 2 aromatic rings. The zero-order valence-electron chi connectivity index (χ0n) is 15.2. The number of hydrogen-bond acceptors (Lipinski definition) is 2. The molecule has 3 fully saturated rings. The van der Waals surface area contributed by atoms with Crippen LogP contribution < -0.4 is 0 Å². The summed E-state index contributed by atoms with van der Waals surface area (Å²) in [5.41, 5.74) is 2.05. The van der Waals surface area contributed by atoms with Crippen LogP contribution in [0.3, 0.4) is 0 Å². The lowest BCUT2D eigenvalue weighted by atomic mass is 9.52. The van der Waals surface area contributed by atoms with Crippen LogP contribution in [0.25, 0.3) is 0 Å². The van der Waals surface area contributed by atoms with E-state index in [1.54, 1.807) is 0 Å². The van der Waals surface area contributed by atoms with E-state index in [1.807, 2.05) is 24.3 Å². The van der Waals surface area contributed by atoms with Crippen LogP contribution >= 0.6 is 0 Å². The highest BCUT2D eigenvalue weighted by molar-refractivity contribution is 5.32. The molecule has 2 aromatic carbocycles. The van der Waals surface area contributed by atoms with Crippen LogP contribution in [-0.2, 0) is 0 Å². The minimum Gasteiger partial charge on any atom is -0.393 e. The summed E-state index contributed by atoms with van der Waals surface area (Å²) < 4.78 is 26.8. The molecule has 3 aliphatic rings. The van der Waals surface area contributed by atoms with E-state index >= 15 is 0 Å². The molecule has 2 bridgehead atoms. The number of aliphatic hydroxyl groups excluding tert-OH is 1. The first-order valence-corrected chi connectivity index (χ1v) is 9.26. The van der Waals surface area contributed by atoms with Gasteiger partial charge in [-0.25, -0.2) is 8.78 Å². The predicted octanol–water partition coefficient (Wildman–Crippen LogP) is 4.31. The van der Waals surface area contributed by atoms with Crippen molar-refractivity contribution in [2.24, 2.45) is 5.92 Å². The molecule has 26 heavy (non-hydrogen) atoms. The molecule has 0 radical (unpaired) electrons. The molecule has 5 rings (SSSR count). The standard InChI is InChI=1S/C22H25F2NO/c1-25(2)22-11-18(14-3-7-16(23)8-4-14)21(20(26)13-22)19(12-22)15-5-9-17(24)10-6-15/h3-10,18-21,26H,11-13H2,1-2H3. The van der Waals surface area contributed by atoms with Gasteiger partial charge < -0.3 is 10.0 Å². The molecule has 3 aliphatic carbocycles. The fraction of sp³-hybridized carbons (Fsp3) is 0.455. The molecule has 0 aromatic heterocycles. The molecule has 0 spiro atoms. The number of halogens is 2. The number of rotatable bonds is 3. The Morgan fingerprint density at radius 3 is 1.62 bits per heavy atom. The van der Waals surface area contributed by atoms with Gasteiger partial charge in [-0.05, 0) is 86.5 Å². The molecule has 3 saturated carbocycles. The second-order valence-electron chi connectivity index (χ2n) is 8.19. The van der Waals surface area contributed by atoms with E-state index in [9.17, 15) is 13.9 Å². The van der Waals surface area contributed by atoms with Gasteiger partial charge in [0.1, 0.15) is 11.6 Å². The lowest BCUT2D eigenvalue weighted by Crippen LogP contribution is -2.60. The molecule has 0 amide bonds. The number of benzene rings is 2. The summed E-state index contributed by atoms with van der Waals surface area (Å²) in [4.78, 5) is 2.23. The van der Waals surface area contributed by atoms with Crippen molar-refractivity contribution in [3.63, 3.8) is 0 Å². The van der Waals surface area contributed by atoms with E-state index in [4.69, 9.17) is 0 Å². The number of aliphatic hydroxyl groups is 1. The highest BCUT2D eigenvalue weighted by Crippen LogP contribution is 2.59. The maximum Gasteiger partial charge on any atom is 0.123 e. The summed E-state index contributed by atoms with van der Waals surface area (Å²) in [6.07, 6.45) is 2.22. The third-order valence-corrected chi connectivity index (χ3v) is 6.71. The van der Waals surface area contributed by atoms with Crippen LogP contribution in [0.1, 0.15) is 42.2 Å². The van der Waals surface area contributed by atoms with E-state index < -0.39 is 6.10 Å². The van der Waals surface area contributed by atoms with E-state index in [0.717, 1.165) is 30.4 Å². The third-order valence-electron chi connectivity index (χ3n) is 6.71. The Morgan fingerprint density at radius 2 is 1.23 bits per heavy atom. The Morgan fingerprint density at radius 1 is 0.808 bits per heavy atom. The fourth-order valence-corrected chi connectivity index (χ4v) is 5.33. The molecular weight excluding hydrogens is 332 g/mol. The van der Waals surface area contributed by atoms with Crippen molar-refractivity contribution in [2.75, 3.05) is 14.1 Å². The summed E-state index contributed by atoms with van der Waals surface area (Å²) in [6.45, 7) is 0. The third kappa shape index (κ3) is 2.85. The Kier molecular flexibility index (Phi) is 4.36. The van der Waals surface area contributed by atoms with Crippen LogP contribution in [0.5, 0.6) is 0 Å². The van der Waals surface area contributed by atoms with Crippen molar-refractivity contribution in [1.29, 1.82) is 0 Å².